The average Bonchev–Trinajstić information content (AvgIpc) is 2.88. The summed E-state index contributed by atoms with van der Waals surface area (Å²) in [7, 11) is 3.21. The quantitative estimate of drug-likeness (QED) is 0.0325. The van der Waals surface area contributed by atoms with Gasteiger partial charge in [0.2, 0.25) is 17.7 Å². The summed E-state index contributed by atoms with van der Waals surface area (Å²) in [5, 5.41) is 12.1. The third-order valence-electron chi connectivity index (χ3n) is 6.35. The number of carbonyl (C=O) groups is 4. The molecule has 3 N–H and O–H groups in total. The first-order chi connectivity index (χ1) is 18.7. The van der Waals surface area contributed by atoms with Crippen molar-refractivity contribution in [2.24, 2.45) is 21.9 Å². The summed E-state index contributed by atoms with van der Waals surface area (Å²) in [5.74, 6) is -0.00488. The minimum Gasteiger partial charge on any atom is -0.465 e. The molecular formula is C27H48N6O5S2. The van der Waals surface area contributed by atoms with Crippen LogP contribution in [0.1, 0.15) is 74.1 Å². The summed E-state index contributed by atoms with van der Waals surface area (Å²) < 4.78 is 5.54. The first-order valence-electron chi connectivity index (χ1n) is 13.7. The summed E-state index contributed by atoms with van der Waals surface area (Å²) in [6, 6.07) is -0.0355. The number of nitrogens with zero attached hydrogens (tertiary/aromatic N) is 3. The summed E-state index contributed by atoms with van der Waals surface area (Å²) in [5.41, 5.74) is 6.96. The highest BCUT2D eigenvalue weighted by Crippen LogP contribution is 2.42. The van der Waals surface area contributed by atoms with Gasteiger partial charge in [-0.25, -0.2) is 0 Å². The second-order valence-electron chi connectivity index (χ2n) is 10.8. The van der Waals surface area contributed by atoms with Crippen LogP contribution in [0.3, 0.4) is 0 Å². The molecule has 228 valence electrons. The van der Waals surface area contributed by atoms with Gasteiger partial charge in [-0.05, 0) is 58.9 Å². The van der Waals surface area contributed by atoms with E-state index >= 15 is 0 Å². The molecule has 0 bridgehead atoms. The van der Waals surface area contributed by atoms with E-state index in [9.17, 15) is 19.2 Å². The van der Waals surface area contributed by atoms with Crippen LogP contribution in [0.4, 0.5) is 0 Å². The van der Waals surface area contributed by atoms with Crippen molar-refractivity contribution in [2.45, 2.75) is 80.2 Å². The Kier molecular flexibility index (Phi) is 18.5. The first kappa shape index (κ1) is 37.6. The first-order valence-corrected chi connectivity index (χ1v) is 16.2. The molecule has 0 aliphatic carbocycles. The largest absolute Gasteiger partial charge is 0.465 e. The van der Waals surface area contributed by atoms with Gasteiger partial charge >= 0.3 is 5.97 Å². The van der Waals surface area contributed by atoms with Gasteiger partial charge in [-0.2, -0.15) is 0 Å². The zero-order valence-corrected chi connectivity index (χ0v) is 26.8. The normalized spacial score (nSPS) is 14.6. The van der Waals surface area contributed by atoms with Gasteiger partial charge in [0.1, 0.15) is 0 Å². The number of rotatable bonds is 21. The molecule has 0 radical (unpaired) electrons. The highest BCUT2D eigenvalue weighted by molar-refractivity contribution is 8.76. The molecule has 11 nitrogen and oxygen atoms in total. The van der Waals surface area contributed by atoms with Crippen LogP contribution >= 0.6 is 21.6 Å². The van der Waals surface area contributed by atoms with Crippen LogP contribution in [0.5, 0.6) is 0 Å². The minimum absolute atomic E-state index is 0.0355. The fourth-order valence-electron chi connectivity index (χ4n) is 4.06. The second-order valence-corrected chi connectivity index (χ2v) is 13.5. The van der Waals surface area contributed by atoms with E-state index in [4.69, 9.17) is 10.3 Å². The van der Waals surface area contributed by atoms with Crippen molar-refractivity contribution in [1.29, 1.82) is 0 Å². The Balaban J connectivity index is 5.21. The molecule has 0 heterocycles. The molecule has 3 unspecified atom stereocenters. The highest BCUT2D eigenvalue weighted by atomic mass is 33.1. The van der Waals surface area contributed by atoms with Crippen LogP contribution < -0.4 is 16.0 Å². The van der Waals surface area contributed by atoms with Crippen molar-refractivity contribution in [3.8, 4) is 0 Å². The van der Waals surface area contributed by atoms with Crippen LogP contribution in [0.25, 0.3) is 10.4 Å². The van der Waals surface area contributed by atoms with Crippen molar-refractivity contribution >= 4 is 45.3 Å². The molecule has 13 heteroatoms. The van der Waals surface area contributed by atoms with E-state index in [2.05, 4.69) is 32.6 Å². The zero-order valence-electron chi connectivity index (χ0n) is 25.1. The van der Waals surface area contributed by atoms with Crippen LogP contribution in [-0.2, 0) is 23.9 Å². The lowest BCUT2D eigenvalue weighted by atomic mass is 9.67. The molecule has 0 rings (SSSR count). The van der Waals surface area contributed by atoms with Crippen LogP contribution in [-0.4, -0.2) is 67.5 Å². The Hall–Kier alpha value is -2.37. The lowest BCUT2D eigenvalue weighted by molar-refractivity contribution is -0.159. The fourth-order valence-corrected chi connectivity index (χ4v) is 5.88. The Morgan fingerprint density at radius 3 is 2.17 bits per heavy atom. The van der Waals surface area contributed by atoms with E-state index < -0.39 is 22.7 Å². The van der Waals surface area contributed by atoms with Crippen molar-refractivity contribution in [3.05, 3.63) is 22.6 Å². The van der Waals surface area contributed by atoms with E-state index in [1.165, 1.54) is 0 Å². The van der Waals surface area contributed by atoms with Gasteiger partial charge < -0.3 is 20.7 Å². The summed E-state index contributed by atoms with van der Waals surface area (Å²) in [6.45, 7) is 17.6. The Morgan fingerprint density at radius 2 is 1.65 bits per heavy atom. The molecule has 0 fully saturated rings. The average molecular weight is 601 g/mol. The SMILES string of the molecule is C=C(C)C(=O)NCCSSCCNC(=O)C(C)(CC)CC(C)(CC(C)C(=O)NC(C)C)C(=O)OCCCN=[N+]=[N-]. The molecule has 0 aromatic heterocycles. The third kappa shape index (κ3) is 14.9. The topological polar surface area (TPSA) is 162 Å². The van der Waals surface area contributed by atoms with Crippen LogP contribution in [0, 0.1) is 16.7 Å². The standard InChI is InChI=1S/C27H48N6O5S2/c1-9-26(7,24(36)30-13-16-40-39-15-12-29-22(34)19(2)3)18-27(8,17-21(6)23(35)32-20(4)5)25(37)38-14-10-11-31-33-28/h20-21H,2,9-18H2,1,3-8H3,(H,29,34)(H,30,36)(H,32,35). The third-order valence-corrected chi connectivity index (χ3v) is 8.76. The molecule has 3 atom stereocenters. The zero-order chi connectivity index (χ0) is 30.8. The summed E-state index contributed by atoms with van der Waals surface area (Å²) in [6.07, 6.45) is 1.31. The van der Waals surface area contributed by atoms with Crippen molar-refractivity contribution < 1.29 is 23.9 Å². The van der Waals surface area contributed by atoms with Crippen molar-refractivity contribution in [1.82, 2.24) is 16.0 Å². The molecule has 0 saturated heterocycles. The summed E-state index contributed by atoms with van der Waals surface area (Å²) >= 11 is 0. The lowest BCUT2D eigenvalue weighted by Gasteiger charge is -2.38. The molecule has 0 aromatic carbocycles. The predicted octanol–water partition coefficient (Wildman–Crippen LogP) is 4.78. The van der Waals surface area contributed by atoms with Gasteiger partial charge in [0.15, 0.2) is 0 Å². The van der Waals surface area contributed by atoms with Gasteiger partial charge in [0, 0.05) is 59.0 Å². The van der Waals surface area contributed by atoms with E-state index in [1.807, 2.05) is 27.7 Å². The lowest BCUT2D eigenvalue weighted by Crippen LogP contribution is -2.46. The maximum absolute atomic E-state index is 13.3. The predicted molar refractivity (Wildman–Crippen MR) is 164 cm³/mol. The van der Waals surface area contributed by atoms with E-state index in [1.54, 1.807) is 42.4 Å². The van der Waals surface area contributed by atoms with Crippen LogP contribution in [0.15, 0.2) is 17.3 Å². The Morgan fingerprint density at radius 1 is 1.05 bits per heavy atom. The van der Waals surface area contributed by atoms with Crippen molar-refractivity contribution in [2.75, 3.05) is 37.7 Å². The van der Waals surface area contributed by atoms with E-state index in [0.29, 0.717) is 37.3 Å². The summed E-state index contributed by atoms with van der Waals surface area (Å²) in [4.78, 5) is 53.5. The molecule has 0 aromatic rings. The van der Waals surface area contributed by atoms with Gasteiger partial charge in [0.05, 0.1) is 12.0 Å². The van der Waals surface area contributed by atoms with Gasteiger partial charge in [-0.1, -0.05) is 54.1 Å². The number of nitrogens with one attached hydrogen (secondary N) is 3. The number of hydrogen-bond donors (Lipinski definition) is 3. The molecular weight excluding hydrogens is 552 g/mol. The number of amides is 3. The maximum atomic E-state index is 13.3. The fraction of sp³-hybridized carbons (Fsp3) is 0.778. The molecule has 0 aliphatic heterocycles. The van der Waals surface area contributed by atoms with E-state index in [-0.39, 0.29) is 49.8 Å². The minimum atomic E-state index is -1.09. The smallest absolute Gasteiger partial charge is 0.311 e. The molecule has 40 heavy (non-hydrogen) atoms. The number of ether oxygens (including phenoxy) is 1. The molecule has 0 saturated carbocycles. The highest BCUT2D eigenvalue weighted by Gasteiger charge is 2.46. The monoisotopic (exact) mass is 600 g/mol. The van der Waals surface area contributed by atoms with Gasteiger partial charge in [-0.3, -0.25) is 19.2 Å². The number of hydrogen-bond acceptors (Lipinski definition) is 8. The van der Waals surface area contributed by atoms with Crippen molar-refractivity contribution in [3.63, 3.8) is 0 Å². The molecule has 0 aliphatic rings. The number of carbonyl (C=O) groups excluding carboxylic acids is 4. The van der Waals surface area contributed by atoms with Crippen LogP contribution in [0.2, 0.25) is 0 Å². The van der Waals surface area contributed by atoms with E-state index in [0.717, 1.165) is 5.75 Å². The molecule has 0 spiro atoms. The number of azide groups is 1. The van der Waals surface area contributed by atoms with Gasteiger partial charge in [0.25, 0.3) is 0 Å². The Bertz CT molecular complexity index is 912. The molecule has 3 amide bonds. The number of esters is 1. The van der Waals surface area contributed by atoms with Gasteiger partial charge in [-0.15, -0.1) is 0 Å². The Labute approximate surface area is 247 Å². The second kappa shape index (κ2) is 19.7. The maximum Gasteiger partial charge on any atom is 0.311 e.